The van der Waals surface area contributed by atoms with Crippen LogP contribution in [0.25, 0.3) is 0 Å². The summed E-state index contributed by atoms with van der Waals surface area (Å²) in [6.45, 7) is 0. The molecule has 0 saturated heterocycles. The maximum absolute atomic E-state index is 12.4. The zero-order chi connectivity index (χ0) is 19.4. The van der Waals surface area contributed by atoms with Crippen LogP contribution in [0.4, 0.5) is 11.4 Å². The first-order chi connectivity index (χ1) is 13.0. The lowest BCUT2D eigenvalue weighted by molar-refractivity contribution is 0.101. The second-order valence-electron chi connectivity index (χ2n) is 5.72. The van der Waals surface area contributed by atoms with Crippen LogP contribution in [-0.2, 0) is 7.05 Å². The SMILES string of the molecule is COc1nn(C)cc1C(=O)Nc1ccc(C(=O)Nc2ccc(Br)cc2)cc1. The van der Waals surface area contributed by atoms with Crippen LogP contribution in [0.2, 0.25) is 0 Å². The van der Waals surface area contributed by atoms with Crippen LogP contribution in [0.15, 0.2) is 59.2 Å². The minimum absolute atomic E-state index is 0.232. The Labute approximate surface area is 164 Å². The van der Waals surface area contributed by atoms with E-state index in [0.29, 0.717) is 22.5 Å². The van der Waals surface area contributed by atoms with Crippen LogP contribution >= 0.6 is 15.9 Å². The van der Waals surface area contributed by atoms with Crippen molar-refractivity contribution in [3.8, 4) is 5.88 Å². The molecule has 0 aliphatic carbocycles. The summed E-state index contributed by atoms with van der Waals surface area (Å²) >= 11 is 3.35. The molecule has 0 saturated carbocycles. The molecule has 2 N–H and O–H groups in total. The number of ether oxygens (including phenoxy) is 1. The van der Waals surface area contributed by atoms with E-state index in [2.05, 4.69) is 31.7 Å². The van der Waals surface area contributed by atoms with E-state index in [1.165, 1.54) is 11.8 Å². The van der Waals surface area contributed by atoms with Gasteiger partial charge in [0.2, 0.25) is 5.88 Å². The van der Waals surface area contributed by atoms with Crippen molar-refractivity contribution in [3.05, 3.63) is 70.3 Å². The lowest BCUT2D eigenvalue weighted by atomic mass is 10.2. The van der Waals surface area contributed by atoms with Gasteiger partial charge in [-0.2, -0.15) is 0 Å². The average Bonchev–Trinajstić information content (AvgIpc) is 3.05. The molecule has 8 heteroatoms. The topological polar surface area (TPSA) is 85.2 Å². The zero-order valence-corrected chi connectivity index (χ0v) is 16.3. The van der Waals surface area contributed by atoms with Gasteiger partial charge in [0.1, 0.15) is 5.56 Å². The Morgan fingerprint density at radius 2 is 1.52 bits per heavy atom. The number of carbonyl (C=O) groups excluding carboxylic acids is 2. The molecule has 0 aliphatic rings. The highest BCUT2D eigenvalue weighted by Gasteiger charge is 2.16. The average molecular weight is 429 g/mol. The molecule has 1 aromatic heterocycles. The number of amides is 2. The molecule has 0 radical (unpaired) electrons. The number of methoxy groups -OCH3 is 1. The smallest absolute Gasteiger partial charge is 0.262 e. The van der Waals surface area contributed by atoms with Gasteiger partial charge in [-0.15, -0.1) is 5.10 Å². The van der Waals surface area contributed by atoms with Gasteiger partial charge in [0.25, 0.3) is 11.8 Å². The summed E-state index contributed by atoms with van der Waals surface area (Å²) in [7, 11) is 3.16. The van der Waals surface area contributed by atoms with E-state index < -0.39 is 0 Å². The van der Waals surface area contributed by atoms with Crippen molar-refractivity contribution in [1.29, 1.82) is 0 Å². The fourth-order valence-corrected chi connectivity index (χ4v) is 2.68. The van der Waals surface area contributed by atoms with Gasteiger partial charge in [-0.1, -0.05) is 15.9 Å². The molecule has 27 heavy (non-hydrogen) atoms. The number of hydrogen-bond donors (Lipinski definition) is 2. The van der Waals surface area contributed by atoms with Gasteiger partial charge >= 0.3 is 0 Å². The second-order valence-corrected chi connectivity index (χ2v) is 6.63. The number of nitrogens with zero attached hydrogens (tertiary/aromatic N) is 2. The van der Waals surface area contributed by atoms with Gasteiger partial charge in [0.15, 0.2) is 0 Å². The Balaban J connectivity index is 1.66. The van der Waals surface area contributed by atoms with Gasteiger partial charge in [-0.3, -0.25) is 14.3 Å². The molecule has 0 unspecified atom stereocenters. The molecule has 0 atom stereocenters. The lowest BCUT2D eigenvalue weighted by Gasteiger charge is -2.08. The standard InChI is InChI=1S/C19H17BrN4O3/c1-24-11-16(19(23-24)27-2)18(26)22-14-7-3-12(4-8-14)17(25)21-15-9-5-13(20)6-10-15/h3-11H,1-2H3,(H,21,25)(H,22,26). The number of anilines is 2. The predicted octanol–water partition coefficient (Wildman–Crippen LogP) is 3.70. The Hall–Kier alpha value is -3.13. The fraction of sp³-hybridized carbons (Fsp3) is 0.105. The van der Waals surface area contributed by atoms with Crippen molar-refractivity contribution in [3.63, 3.8) is 0 Å². The summed E-state index contributed by atoms with van der Waals surface area (Å²) in [6.07, 6.45) is 1.58. The van der Waals surface area contributed by atoms with Gasteiger partial charge in [-0.25, -0.2) is 0 Å². The van der Waals surface area contributed by atoms with Crippen molar-refractivity contribution in [1.82, 2.24) is 9.78 Å². The molecule has 2 aromatic carbocycles. The molecule has 0 aliphatic heterocycles. The molecule has 1 heterocycles. The number of rotatable bonds is 5. The fourth-order valence-electron chi connectivity index (χ4n) is 2.41. The minimum atomic E-state index is -0.341. The normalized spacial score (nSPS) is 10.3. The van der Waals surface area contributed by atoms with Crippen LogP contribution in [-0.4, -0.2) is 28.7 Å². The highest BCUT2D eigenvalue weighted by atomic mass is 79.9. The van der Waals surface area contributed by atoms with Gasteiger partial charge in [0, 0.05) is 34.7 Å². The first-order valence-electron chi connectivity index (χ1n) is 8.02. The van der Waals surface area contributed by atoms with E-state index in [9.17, 15) is 9.59 Å². The van der Waals surface area contributed by atoms with Crippen LogP contribution in [0, 0.1) is 0 Å². The number of aromatic nitrogens is 2. The van der Waals surface area contributed by atoms with Crippen LogP contribution in [0.5, 0.6) is 5.88 Å². The Kier molecular flexibility index (Phi) is 5.56. The molecule has 3 aromatic rings. The van der Waals surface area contributed by atoms with E-state index in [-0.39, 0.29) is 17.7 Å². The van der Waals surface area contributed by atoms with Crippen LogP contribution < -0.4 is 15.4 Å². The Bertz CT molecular complexity index is 966. The van der Waals surface area contributed by atoms with E-state index in [1.807, 2.05) is 12.1 Å². The number of halogens is 1. The molecule has 3 rings (SSSR count). The van der Waals surface area contributed by atoms with Crippen LogP contribution in [0.3, 0.4) is 0 Å². The first-order valence-corrected chi connectivity index (χ1v) is 8.81. The van der Waals surface area contributed by atoms with E-state index >= 15 is 0 Å². The zero-order valence-electron chi connectivity index (χ0n) is 14.7. The first kappa shape index (κ1) is 18.7. The number of nitrogens with one attached hydrogen (secondary N) is 2. The molecule has 138 valence electrons. The van der Waals surface area contributed by atoms with Crippen molar-refractivity contribution in [2.75, 3.05) is 17.7 Å². The summed E-state index contributed by atoms with van der Waals surface area (Å²) in [6, 6.07) is 13.9. The predicted molar refractivity (Wildman–Crippen MR) is 106 cm³/mol. The third kappa shape index (κ3) is 4.53. The molecule has 0 fully saturated rings. The summed E-state index contributed by atoms with van der Waals surface area (Å²) in [5, 5.41) is 9.63. The van der Waals surface area contributed by atoms with Crippen molar-refractivity contribution < 1.29 is 14.3 Å². The third-order valence-corrected chi connectivity index (χ3v) is 4.27. The number of benzene rings is 2. The molecular weight excluding hydrogens is 412 g/mol. The number of hydrogen-bond acceptors (Lipinski definition) is 4. The number of carbonyl (C=O) groups is 2. The summed E-state index contributed by atoms with van der Waals surface area (Å²) in [4.78, 5) is 24.7. The molecule has 0 bridgehead atoms. The van der Waals surface area contributed by atoms with Gasteiger partial charge < -0.3 is 15.4 Å². The van der Waals surface area contributed by atoms with E-state index in [4.69, 9.17) is 4.74 Å². The molecule has 0 spiro atoms. The maximum atomic E-state index is 12.4. The van der Waals surface area contributed by atoms with E-state index in [1.54, 1.807) is 49.6 Å². The van der Waals surface area contributed by atoms with Crippen molar-refractivity contribution >= 4 is 39.1 Å². The van der Waals surface area contributed by atoms with Gasteiger partial charge in [0.05, 0.1) is 7.11 Å². The molecule has 2 amide bonds. The van der Waals surface area contributed by atoms with Gasteiger partial charge in [-0.05, 0) is 48.5 Å². The summed E-state index contributed by atoms with van der Waals surface area (Å²) in [5.41, 5.74) is 2.07. The second kappa shape index (κ2) is 8.05. The lowest BCUT2D eigenvalue weighted by Crippen LogP contribution is -2.14. The monoisotopic (exact) mass is 428 g/mol. The largest absolute Gasteiger partial charge is 0.479 e. The van der Waals surface area contributed by atoms with Crippen molar-refractivity contribution in [2.45, 2.75) is 0 Å². The Morgan fingerprint density at radius 3 is 2.11 bits per heavy atom. The van der Waals surface area contributed by atoms with Crippen molar-refractivity contribution in [2.24, 2.45) is 7.05 Å². The third-order valence-electron chi connectivity index (χ3n) is 3.74. The quantitative estimate of drug-likeness (QED) is 0.648. The summed E-state index contributed by atoms with van der Waals surface area (Å²) < 4.78 is 7.53. The molecular formula is C19H17BrN4O3. The highest BCUT2D eigenvalue weighted by Crippen LogP contribution is 2.19. The summed E-state index contributed by atoms with van der Waals surface area (Å²) in [5.74, 6) is -0.323. The number of aryl methyl sites for hydroxylation is 1. The Morgan fingerprint density at radius 1 is 0.963 bits per heavy atom. The molecule has 7 nitrogen and oxygen atoms in total. The van der Waals surface area contributed by atoms with Crippen LogP contribution in [0.1, 0.15) is 20.7 Å². The maximum Gasteiger partial charge on any atom is 0.262 e. The highest BCUT2D eigenvalue weighted by molar-refractivity contribution is 9.10. The van der Waals surface area contributed by atoms with E-state index in [0.717, 1.165) is 4.47 Å². The minimum Gasteiger partial charge on any atom is -0.479 e.